The molecule has 3 amide bonds. The Morgan fingerprint density at radius 3 is 2.17 bits per heavy atom. The van der Waals surface area contributed by atoms with Crippen LogP contribution < -0.4 is 10.0 Å². The molecule has 0 radical (unpaired) electrons. The molecule has 9 nitrogen and oxygen atoms in total. The zero-order chi connectivity index (χ0) is 31.0. The average Bonchev–Trinajstić information content (AvgIpc) is 3.37. The van der Waals surface area contributed by atoms with Gasteiger partial charge >= 0.3 is 12.0 Å². The van der Waals surface area contributed by atoms with E-state index in [1.54, 1.807) is 43.3 Å². The van der Waals surface area contributed by atoms with E-state index < -0.39 is 28.1 Å². The molecule has 0 aliphatic heterocycles. The van der Waals surface area contributed by atoms with Gasteiger partial charge in [-0.1, -0.05) is 70.2 Å². The Hall–Kier alpha value is -3.70. The summed E-state index contributed by atoms with van der Waals surface area (Å²) in [6, 6.07) is 16.2. The lowest BCUT2D eigenvalue weighted by Crippen LogP contribution is -2.48. The number of carbonyl (C=O) groups excluding carboxylic acids is 3. The van der Waals surface area contributed by atoms with Gasteiger partial charge in [0.25, 0.3) is 15.9 Å². The highest BCUT2D eigenvalue weighted by Gasteiger charge is 2.34. The van der Waals surface area contributed by atoms with Crippen LogP contribution in [0.1, 0.15) is 55.4 Å². The maximum Gasteiger partial charge on any atom is 0.328 e. The summed E-state index contributed by atoms with van der Waals surface area (Å²) >= 11 is 1.14. The lowest BCUT2D eigenvalue weighted by atomic mass is 9.99. The lowest BCUT2D eigenvalue weighted by Gasteiger charge is -2.32. The number of hydrogen-bond donors (Lipinski definition) is 2. The van der Waals surface area contributed by atoms with E-state index in [0.29, 0.717) is 29.0 Å². The first kappa shape index (κ1) is 32.8. The fraction of sp³-hybridized carbons (Fsp3) is 0.387. The fourth-order valence-corrected chi connectivity index (χ4v) is 7.48. The van der Waals surface area contributed by atoms with Crippen molar-refractivity contribution in [1.82, 2.24) is 14.9 Å². The van der Waals surface area contributed by atoms with Crippen LogP contribution in [-0.2, 0) is 32.5 Å². The van der Waals surface area contributed by atoms with E-state index in [-0.39, 0.29) is 29.1 Å². The summed E-state index contributed by atoms with van der Waals surface area (Å²) in [5, 5.41) is 2.46. The van der Waals surface area contributed by atoms with Crippen molar-refractivity contribution in [2.45, 2.75) is 57.8 Å². The first-order chi connectivity index (χ1) is 19.9. The van der Waals surface area contributed by atoms with E-state index in [9.17, 15) is 22.8 Å². The number of amides is 3. The standard InChI is InChI=1S/C31H39N3O6S2/c1-7-32-31(37)33-42(38,39)30-26(18-25(41-30)17-20(2)3)23-15-13-22(14-16-23)19-34(27(21(4)5)29(36)40-6)28(35)24-11-9-8-10-12-24/h8-16,18,20-21,27H,7,17,19H2,1-6H3,(H2,32,33,37). The van der Waals surface area contributed by atoms with E-state index in [2.05, 4.69) is 23.9 Å². The number of carbonyl (C=O) groups is 3. The van der Waals surface area contributed by atoms with Gasteiger partial charge in [-0.15, -0.1) is 11.3 Å². The molecule has 1 aromatic heterocycles. The van der Waals surface area contributed by atoms with Crippen molar-refractivity contribution in [3.63, 3.8) is 0 Å². The Morgan fingerprint density at radius 2 is 1.62 bits per heavy atom. The zero-order valence-corrected chi connectivity index (χ0v) is 26.5. The van der Waals surface area contributed by atoms with Crippen LogP contribution in [0.2, 0.25) is 0 Å². The van der Waals surface area contributed by atoms with Gasteiger partial charge in [0.2, 0.25) is 0 Å². The first-order valence-electron chi connectivity index (χ1n) is 13.8. The number of hydrogen-bond acceptors (Lipinski definition) is 7. The first-order valence-corrected chi connectivity index (χ1v) is 16.1. The highest BCUT2D eigenvalue weighted by atomic mass is 32.2. The number of sulfonamides is 1. The zero-order valence-electron chi connectivity index (χ0n) is 24.8. The molecule has 0 fully saturated rings. The number of nitrogens with zero attached hydrogens (tertiary/aromatic N) is 1. The summed E-state index contributed by atoms with van der Waals surface area (Å²) in [5.74, 6) is -0.705. The van der Waals surface area contributed by atoms with Crippen LogP contribution >= 0.6 is 11.3 Å². The summed E-state index contributed by atoms with van der Waals surface area (Å²) < 4.78 is 33.6. The Kier molecular flexibility index (Phi) is 11.3. The number of nitrogens with one attached hydrogen (secondary N) is 2. The lowest BCUT2D eigenvalue weighted by molar-refractivity contribution is -0.147. The minimum absolute atomic E-state index is 0.0589. The fourth-order valence-electron chi connectivity index (χ4n) is 4.60. The quantitative estimate of drug-likeness (QED) is 0.262. The largest absolute Gasteiger partial charge is 0.467 e. The predicted molar refractivity (Wildman–Crippen MR) is 165 cm³/mol. The van der Waals surface area contributed by atoms with Gasteiger partial charge in [0.05, 0.1) is 7.11 Å². The minimum Gasteiger partial charge on any atom is -0.467 e. The molecule has 11 heteroatoms. The van der Waals surface area contributed by atoms with Crippen molar-refractivity contribution >= 4 is 39.3 Å². The van der Waals surface area contributed by atoms with E-state index in [1.807, 2.05) is 38.1 Å². The summed E-state index contributed by atoms with van der Waals surface area (Å²) in [6.07, 6.45) is 0.688. The van der Waals surface area contributed by atoms with Crippen LogP contribution in [0, 0.1) is 11.8 Å². The van der Waals surface area contributed by atoms with Crippen LogP contribution in [0.5, 0.6) is 0 Å². The molecule has 0 saturated heterocycles. The van der Waals surface area contributed by atoms with Crippen molar-refractivity contribution in [3.05, 3.63) is 76.7 Å². The molecule has 0 spiro atoms. The van der Waals surface area contributed by atoms with Crippen molar-refractivity contribution in [3.8, 4) is 11.1 Å². The van der Waals surface area contributed by atoms with Gasteiger partial charge in [0, 0.05) is 29.1 Å². The third kappa shape index (κ3) is 8.19. The molecular weight excluding hydrogens is 574 g/mol. The van der Waals surface area contributed by atoms with Gasteiger partial charge in [-0.05, 0) is 54.5 Å². The third-order valence-corrected chi connectivity index (χ3v) is 9.50. The summed E-state index contributed by atoms with van der Waals surface area (Å²) in [4.78, 5) is 40.9. The van der Waals surface area contributed by atoms with Crippen LogP contribution in [0.3, 0.4) is 0 Å². The van der Waals surface area contributed by atoms with Gasteiger partial charge in [-0.25, -0.2) is 22.7 Å². The Balaban J connectivity index is 2.00. The van der Waals surface area contributed by atoms with Crippen molar-refractivity contribution in [2.24, 2.45) is 11.8 Å². The van der Waals surface area contributed by atoms with E-state index in [1.165, 1.54) is 12.0 Å². The molecule has 2 N–H and O–H groups in total. The summed E-state index contributed by atoms with van der Waals surface area (Å²) in [6.45, 7) is 9.95. The second-order valence-electron chi connectivity index (χ2n) is 10.7. The maximum atomic E-state index is 13.6. The smallest absolute Gasteiger partial charge is 0.328 e. The minimum atomic E-state index is -4.13. The molecule has 226 valence electrons. The monoisotopic (exact) mass is 613 g/mol. The molecule has 2 aromatic carbocycles. The molecular formula is C31H39N3O6S2. The van der Waals surface area contributed by atoms with Crippen molar-refractivity contribution in [2.75, 3.05) is 13.7 Å². The predicted octanol–water partition coefficient (Wildman–Crippen LogP) is 5.46. The number of methoxy groups -OCH3 is 1. The van der Waals surface area contributed by atoms with E-state index in [4.69, 9.17) is 4.74 Å². The molecule has 3 rings (SSSR count). The maximum absolute atomic E-state index is 13.6. The number of esters is 1. The summed E-state index contributed by atoms with van der Waals surface area (Å²) in [5.41, 5.74) is 2.34. The second kappa shape index (κ2) is 14.5. The Bertz CT molecular complexity index is 1480. The number of rotatable bonds is 12. The van der Waals surface area contributed by atoms with E-state index in [0.717, 1.165) is 21.8 Å². The van der Waals surface area contributed by atoms with Gasteiger partial charge in [0.1, 0.15) is 10.3 Å². The topological polar surface area (TPSA) is 122 Å². The normalized spacial score (nSPS) is 12.2. The van der Waals surface area contributed by atoms with Gasteiger partial charge in [-0.2, -0.15) is 0 Å². The Labute approximate surface area is 252 Å². The number of urea groups is 1. The number of thiophene rings is 1. The Morgan fingerprint density at radius 1 is 0.976 bits per heavy atom. The molecule has 1 atom stereocenters. The van der Waals surface area contributed by atoms with Gasteiger partial charge in [0.15, 0.2) is 0 Å². The molecule has 0 aliphatic carbocycles. The van der Waals surface area contributed by atoms with Crippen LogP contribution in [0.25, 0.3) is 11.1 Å². The molecule has 0 saturated carbocycles. The third-order valence-electron chi connectivity index (χ3n) is 6.48. The van der Waals surface area contributed by atoms with Crippen LogP contribution in [0.4, 0.5) is 4.79 Å². The van der Waals surface area contributed by atoms with Crippen LogP contribution in [-0.4, -0.2) is 50.9 Å². The molecule has 42 heavy (non-hydrogen) atoms. The molecule has 0 bridgehead atoms. The van der Waals surface area contributed by atoms with Crippen molar-refractivity contribution in [1.29, 1.82) is 0 Å². The van der Waals surface area contributed by atoms with Gasteiger partial charge < -0.3 is 15.0 Å². The molecule has 0 aliphatic rings. The van der Waals surface area contributed by atoms with Crippen LogP contribution in [0.15, 0.2) is 64.9 Å². The highest BCUT2D eigenvalue weighted by molar-refractivity contribution is 7.92. The SMILES string of the molecule is CCNC(=O)NS(=O)(=O)c1sc(CC(C)C)cc1-c1ccc(CN(C(=O)c2ccccc2)C(C(=O)OC)C(C)C)cc1. The van der Waals surface area contributed by atoms with E-state index >= 15 is 0 Å². The molecule has 1 unspecified atom stereocenters. The number of benzene rings is 2. The van der Waals surface area contributed by atoms with Gasteiger partial charge in [-0.3, -0.25) is 4.79 Å². The number of ether oxygens (including phenoxy) is 1. The highest BCUT2D eigenvalue weighted by Crippen LogP contribution is 2.36. The molecule has 3 aromatic rings. The average molecular weight is 614 g/mol. The summed E-state index contributed by atoms with van der Waals surface area (Å²) in [7, 11) is -2.82. The van der Waals surface area contributed by atoms with Crippen molar-refractivity contribution < 1.29 is 27.5 Å². The molecule has 1 heterocycles. The second-order valence-corrected chi connectivity index (χ2v) is 13.7.